The summed E-state index contributed by atoms with van der Waals surface area (Å²) in [5.41, 5.74) is 2.09. The standard InChI is InChI=1S/C24H26N8O4/c1-15-21(23(33)31-25-15)29-27-17-9-3-5-11-19(17)35-13-7-8-14-36-20-12-6-4-10-18(20)28-30-22-16(2)26-32-24(22)34/h3-6,9-12H,7-8,13-14H2,1-2H3,(H2,25,31,33)(H2,26,32,34). The fourth-order valence-corrected chi connectivity index (χ4v) is 3.22. The van der Waals surface area contributed by atoms with Crippen molar-refractivity contribution in [1.29, 1.82) is 0 Å². The Labute approximate surface area is 205 Å². The van der Waals surface area contributed by atoms with Gasteiger partial charge in [0.05, 0.1) is 24.6 Å². The van der Waals surface area contributed by atoms with Gasteiger partial charge in [0.2, 0.25) is 0 Å². The summed E-state index contributed by atoms with van der Waals surface area (Å²) in [5, 5.41) is 26.8. The Kier molecular flexibility index (Phi) is 7.86. The minimum absolute atomic E-state index is 0.233. The zero-order valence-electron chi connectivity index (χ0n) is 19.9. The lowest BCUT2D eigenvalue weighted by atomic mass is 10.3. The van der Waals surface area contributed by atoms with Crippen molar-refractivity contribution < 1.29 is 9.47 Å². The van der Waals surface area contributed by atoms with E-state index in [0.717, 1.165) is 12.8 Å². The number of nitrogens with zero attached hydrogens (tertiary/aromatic N) is 4. The number of hydrogen-bond donors (Lipinski definition) is 4. The van der Waals surface area contributed by atoms with Gasteiger partial charge in [0.15, 0.2) is 11.4 Å². The number of azo groups is 2. The summed E-state index contributed by atoms with van der Waals surface area (Å²) in [6.07, 6.45) is 1.48. The van der Waals surface area contributed by atoms with Gasteiger partial charge in [-0.15, -0.1) is 20.5 Å². The first kappa shape index (κ1) is 24.4. The van der Waals surface area contributed by atoms with Crippen LogP contribution in [0.15, 0.2) is 78.6 Å². The van der Waals surface area contributed by atoms with Crippen molar-refractivity contribution in [2.75, 3.05) is 13.2 Å². The first-order valence-corrected chi connectivity index (χ1v) is 11.3. The van der Waals surface area contributed by atoms with Crippen molar-refractivity contribution in [3.05, 3.63) is 80.6 Å². The van der Waals surface area contributed by atoms with Gasteiger partial charge in [-0.2, -0.15) is 0 Å². The Morgan fingerprint density at radius 2 is 1.03 bits per heavy atom. The van der Waals surface area contributed by atoms with Crippen LogP contribution < -0.4 is 20.6 Å². The molecule has 186 valence electrons. The second-order valence-electron chi connectivity index (χ2n) is 7.84. The first-order chi connectivity index (χ1) is 17.5. The van der Waals surface area contributed by atoms with E-state index in [0.29, 0.717) is 47.5 Å². The highest BCUT2D eigenvalue weighted by atomic mass is 16.5. The van der Waals surface area contributed by atoms with Gasteiger partial charge < -0.3 is 19.7 Å². The maximum atomic E-state index is 11.7. The molecule has 12 heteroatoms. The summed E-state index contributed by atoms with van der Waals surface area (Å²) in [4.78, 5) is 23.5. The van der Waals surface area contributed by atoms with E-state index in [1.165, 1.54) is 0 Å². The largest absolute Gasteiger partial charge is 0.491 e. The van der Waals surface area contributed by atoms with Gasteiger partial charge in [0.1, 0.15) is 22.9 Å². The quantitative estimate of drug-likeness (QED) is 0.163. The van der Waals surface area contributed by atoms with Gasteiger partial charge in [0.25, 0.3) is 11.1 Å². The molecule has 2 heterocycles. The van der Waals surface area contributed by atoms with Crippen LogP contribution in [-0.2, 0) is 0 Å². The molecule has 0 radical (unpaired) electrons. The molecule has 2 aromatic carbocycles. The fraction of sp³-hybridized carbons (Fsp3) is 0.250. The SMILES string of the molecule is Cc1[nH][nH]c(=O)c1N=Nc1ccccc1OCCCCOc1ccccc1N=Nc1c(C)[nH][nH]c1=O. The van der Waals surface area contributed by atoms with Crippen molar-refractivity contribution in [2.45, 2.75) is 26.7 Å². The van der Waals surface area contributed by atoms with E-state index in [9.17, 15) is 9.59 Å². The molecule has 0 spiro atoms. The second-order valence-corrected chi connectivity index (χ2v) is 7.84. The lowest BCUT2D eigenvalue weighted by Crippen LogP contribution is -2.02. The summed E-state index contributed by atoms with van der Waals surface area (Å²) in [6, 6.07) is 14.5. The molecule has 0 bridgehead atoms. The Morgan fingerprint density at radius 1 is 0.611 bits per heavy atom. The van der Waals surface area contributed by atoms with E-state index in [-0.39, 0.29) is 22.5 Å². The minimum atomic E-state index is -0.328. The Morgan fingerprint density at radius 3 is 1.42 bits per heavy atom. The second kappa shape index (κ2) is 11.6. The average Bonchev–Trinajstić information content (AvgIpc) is 3.38. The molecule has 0 aliphatic heterocycles. The summed E-state index contributed by atoms with van der Waals surface area (Å²) >= 11 is 0. The van der Waals surface area contributed by atoms with Crippen LogP contribution >= 0.6 is 0 Å². The number of nitrogens with one attached hydrogen (secondary N) is 4. The van der Waals surface area contributed by atoms with E-state index in [2.05, 4.69) is 40.9 Å². The number of unbranched alkanes of at least 4 members (excludes halogenated alkanes) is 1. The monoisotopic (exact) mass is 490 g/mol. The van der Waals surface area contributed by atoms with Gasteiger partial charge in [0, 0.05) is 0 Å². The fourth-order valence-electron chi connectivity index (χ4n) is 3.22. The van der Waals surface area contributed by atoms with Crippen LogP contribution in [0.1, 0.15) is 24.2 Å². The van der Waals surface area contributed by atoms with Gasteiger partial charge in [-0.3, -0.25) is 19.8 Å². The third-order valence-corrected chi connectivity index (χ3v) is 5.17. The smallest absolute Gasteiger partial charge is 0.291 e. The number of H-pyrrole nitrogens is 4. The van der Waals surface area contributed by atoms with Gasteiger partial charge >= 0.3 is 0 Å². The molecule has 36 heavy (non-hydrogen) atoms. The molecule has 4 aromatic rings. The van der Waals surface area contributed by atoms with Crippen LogP contribution in [0.3, 0.4) is 0 Å². The molecule has 4 N–H and O–H groups in total. The number of aromatic nitrogens is 4. The van der Waals surface area contributed by atoms with Gasteiger partial charge in [-0.25, -0.2) is 0 Å². The molecular formula is C24H26N8O4. The summed E-state index contributed by atoms with van der Waals surface area (Å²) in [5.74, 6) is 1.15. The van der Waals surface area contributed by atoms with E-state index >= 15 is 0 Å². The van der Waals surface area contributed by atoms with Crippen LogP contribution in [0.5, 0.6) is 11.5 Å². The highest BCUT2D eigenvalue weighted by Crippen LogP contribution is 2.30. The molecule has 0 aliphatic rings. The highest BCUT2D eigenvalue weighted by Gasteiger charge is 2.08. The number of para-hydroxylation sites is 2. The van der Waals surface area contributed by atoms with Crippen LogP contribution in [0.4, 0.5) is 22.7 Å². The third kappa shape index (κ3) is 6.03. The first-order valence-electron chi connectivity index (χ1n) is 11.3. The van der Waals surface area contributed by atoms with Crippen molar-refractivity contribution in [3.63, 3.8) is 0 Å². The summed E-state index contributed by atoms with van der Waals surface area (Å²) in [7, 11) is 0. The molecule has 0 atom stereocenters. The molecule has 0 saturated carbocycles. The average molecular weight is 491 g/mol. The number of hydrogen-bond acceptors (Lipinski definition) is 8. The molecule has 0 amide bonds. The van der Waals surface area contributed by atoms with E-state index < -0.39 is 0 Å². The summed E-state index contributed by atoms with van der Waals surface area (Å²) in [6.45, 7) is 4.39. The number of aromatic amines is 4. The van der Waals surface area contributed by atoms with Crippen molar-refractivity contribution in [2.24, 2.45) is 20.5 Å². The van der Waals surface area contributed by atoms with Crippen LogP contribution in [0, 0.1) is 13.8 Å². The topological polar surface area (TPSA) is 165 Å². The molecule has 0 fully saturated rings. The number of benzene rings is 2. The normalized spacial score (nSPS) is 11.5. The van der Waals surface area contributed by atoms with Crippen LogP contribution in [0.2, 0.25) is 0 Å². The molecule has 12 nitrogen and oxygen atoms in total. The maximum Gasteiger partial charge on any atom is 0.291 e. The molecule has 0 aliphatic carbocycles. The molecule has 0 unspecified atom stereocenters. The lowest BCUT2D eigenvalue weighted by Gasteiger charge is -2.10. The van der Waals surface area contributed by atoms with E-state index in [4.69, 9.17) is 9.47 Å². The Balaban J connectivity index is 1.27. The van der Waals surface area contributed by atoms with Crippen molar-refractivity contribution in [1.82, 2.24) is 20.4 Å². The van der Waals surface area contributed by atoms with Gasteiger partial charge in [-0.1, -0.05) is 24.3 Å². The third-order valence-electron chi connectivity index (χ3n) is 5.17. The van der Waals surface area contributed by atoms with E-state index in [1.54, 1.807) is 38.1 Å². The molecule has 2 aromatic heterocycles. The Hall–Kier alpha value is -4.74. The summed E-state index contributed by atoms with van der Waals surface area (Å²) < 4.78 is 11.7. The van der Waals surface area contributed by atoms with Crippen molar-refractivity contribution >= 4 is 22.7 Å². The van der Waals surface area contributed by atoms with Crippen LogP contribution in [0.25, 0.3) is 0 Å². The molecule has 4 rings (SSSR count). The highest BCUT2D eigenvalue weighted by molar-refractivity contribution is 5.52. The van der Waals surface area contributed by atoms with E-state index in [1.807, 2.05) is 24.3 Å². The maximum absolute atomic E-state index is 11.7. The number of aryl methyl sites for hydroxylation is 2. The number of ether oxygens (including phenoxy) is 2. The minimum Gasteiger partial charge on any atom is -0.491 e. The molecule has 0 saturated heterocycles. The van der Waals surface area contributed by atoms with Gasteiger partial charge in [-0.05, 0) is 51.0 Å². The van der Waals surface area contributed by atoms with Crippen molar-refractivity contribution in [3.8, 4) is 11.5 Å². The Bertz CT molecular complexity index is 1370. The lowest BCUT2D eigenvalue weighted by molar-refractivity contribution is 0.267. The zero-order valence-corrected chi connectivity index (χ0v) is 19.9. The molecular weight excluding hydrogens is 464 g/mol. The number of rotatable bonds is 11. The van der Waals surface area contributed by atoms with Crippen LogP contribution in [-0.4, -0.2) is 33.6 Å². The predicted molar refractivity (Wildman–Crippen MR) is 134 cm³/mol. The zero-order chi connectivity index (χ0) is 25.3. The predicted octanol–water partition coefficient (Wildman–Crippen LogP) is 5.41.